The first-order valence-electron chi connectivity index (χ1n) is 10.6. The quantitative estimate of drug-likeness (QED) is 0.782. The average molecular weight is 387 g/mol. The number of likely N-dealkylation sites (tertiary alicyclic amines) is 1. The molecule has 2 saturated heterocycles. The van der Waals surface area contributed by atoms with E-state index in [2.05, 4.69) is 17.5 Å². The number of amides is 2. The van der Waals surface area contributed by atoms with Gasteiger partial charge in [0.2, 0.25) is 0 Å². The molecule has 2 aliphatic heterocycles. The van der Waals surface area contributed by atoms with Gasteiger partial charge in [-0.15, -0.1) is 0 Å². The van der Waals surface area contributed by atoms with E-state index in [1.165, 1.54) is 18.9 Å². The maximum atomic E-state index is 13.9. The number of carbonyl (C=O) groups is 1. The van der Waals surface area contributed by atoms with E-state index in [1.54, 1.807) is 12.1 Å². The second-order valence-corrected chi connectivity index (χ2v) is 8.80. The fourth-order valence-electron chi connectivity index (χ4n) is 5.20. The summed E-state index contributed by atoms with van der Waals surface area (Å²) in [6, 6.07) is 6.85. The molecule has 1 aromatic rings. The molecule has 1 spiro atoms. The zero-order chi connectivity index (χ0) is 19.5. The lowest BCUT2D eigenvalue weighted by Crippen LogP contribution is -2.53. The first-order valence-corrected chi connectivity index (χ1v) is 10.6. The van der Waals surface area contributed by atoms with Crippen molar-refractivity contribution >= 4 is 6.03 Å². The van der Waals surface area contributed by atoms with Crippen LogP contribution in [-0.4, -0.2) is 43.8 Å². The van der Waals surface area contributed by atoms with Gasteiger partial charge in [-0.25, -0.2) is 9.18 Å². The van der Waals surface area contributed by atoms with Crippen molar-refractivity contribution in [1.82, 2.24) is 10.2 Å². The van der Waals surface area contributed by atoms with Crippen LogP contribution in [0.2, 0.25) is 0 Å². The van der Waals surface area contributed by atoms with Gasteiger partial charge in [0, 0.05) is 38.3 Å². The number of ether oxygens (including phenoxy) is 1. The van der Waals surface area contributed by atoms with Gasteiger partial charge in [0.1, 0.15) is 5.82 Å². The van der Waals surface area contributed by atoms with E-state index in [0.717, 1.165) is 50.8 Å². The Morgan fingerprint density at radius 1 is 1.18 bits per heavy atom. The van der Waals surface area contributed by atoms with Gasteiger partial charge in [-0.1, -0.05) is 24.3 Å². The molecule has 28 heavy (non-hydrogen) atoms. The minimum Gasteiger partial charge on any atom is -0.381 e. The lowest BCUT2D eigenvalue weighted by Gasteiger charge is -2.44. The summed E-state index contributed by atoms with van der Waals surface area (Å²) in [5.74, 6) is -0.224. The highest BCUT2D eigenvalue weighted by Gasteiger charge is 2.39. The molecule has 0 aromatic heterocycles. The summed E-state index contributed by atoms with van der Waals surface area (Å²) in [5.41, 5.74) is 0.976. The second kappa shape index (κ2) is 8.24. The highest BCUT2D eigenvalue weighted by molar-refractivity contribution is 5.74. The van der Waals surface area contributed by atoms with Crippen LogP contribution < -0.4 is 5.32 Å². The minimum absolute atomic E-state index is 0.0240. The molecule has 1 N–H and O–H groups in total. The van der Waals surface area contributed by atoms with Crippen LogP contribution in [0.3, 0.4) is 0 Å². The molecule has 5 heteroatoms. The number of carbonyl (C=O) groups excluding carboxylic acids is 1. The number of rotatable bonds is 3. The number of piperidine rings is 1. The largest absolute Gasteiger partial charge is 0.381 e. The van der Waals surface area contributed by atoms with E-state index in [-0.39, 0.29) is 22.7 Å². The van der Waals surface area contributed by atoms with Gasteiger partial charge in [0.05, 0.1) is 0 Å². The number of hydrogen-bond acceptors (Lipinski definition) is 2. The Hall–Kier alpha value is -1.88. The summed E-state index contributed by atoms with van der Waals surface area (Å²) >= 11 is 0. The summed E-state index contributed by atoms with van der Waals surface area (Å²) in [6.07, 6.45) is 11.8. The Labute approximate surface area is 167 Å². The van der Waals surface area contributed by atoms with Crippen molar-refractivity contribution in [1.29, 1.82) is 0 Å². The smallest absolute Gasteiger partial charge is 0.317 e. The fourth-order valence-corrected chi connectivity index (χ4v) is 5.20. The van der Waals surface area contributed by atoms with E-state index in [0.29, 0.717) is 19.8 Å². The standard InChI is InChI=1S/C23H31FN2O2/c24-20-7-4-6-19(16-20)23(11-14-28-15-12-23)17-25-21(27)26-13-5-10-22(18-26)8-2-1-3-9-22/h1-2,4,6-7,16H,3,5,8-15,17-18H2,(H,25,27). The molecular weight excluding hydrogens is 355 g/mol. The number of hydrogen-bond donors (Lipinski definition) is 1. The minimum atomic E-state index is -0.253. The Bertz CT molecular complexity index is 729. The lowest BCUT2D eigenvalue weighted by molar-refractivity contribution is 0.0487. The van der Waals surface area contributed by atoms with Crippen molar-refractivity contribution < 1.29 is 13.9 Å². The summed E-state index contributed by atoms with van der Waals surface area (Å²) in [7, 11) is 0. The van der Waals surface area contributed by atoms with Crippen molar-refractivity contribution in [2.45, 2.75) is 50.4 Å². The van der Waals surface area contributed by atoms with Crippen LogP contribution in [-0.2, 0) is 10.2 Å². The summed E-state index contributed by atoms with van der Waals surface area (Å²) in [5, 5.41) is 3.19. The van der Waals surface area contributed by atoms with Crippen LogP contribution in [0, 0.1) is 11.2 Å². The number of halogens is 1. The van der Waals surface area contributed by atoms with E-state index >= 15 is 0 Å². The van der Waals surface area contributed by atoms with Crippen molar-refractivity contribution in [3.05, 3.63) is 47.8 Å². The number of urea groups is 1. The van der Waals surface area contributed by atoms with E-state index in [1.807, 2.05) is 11.0 Å². The molecule has 3 aliphatic rings. The first kappa shape index (κ1) is 19.4. The number of allylic oxidation sites excluding steroid dienone is 2. The van der Waals surface area contributed by atoms with Crippen molar-refractivity contribution in [2.75, 3.05) is 32.8 Å². The molecule has 4 nitrogen and oxygen atoms in total. The normalized spacial score (nSPS) is 27.0. The SMILES string of the molecule is O=C(NCC1(c2cccc(F)c2)CCOCC1)N1CCCC2(CC=CCC2)C1. The molecule has 4 rings (SSSR count). The molecule has 0 saturated carbocycles. The Kier molecular flexibility index (Phi) is 5.72. The highest BCUT2D eigenvalue weighted by Crippen LogP contribution is 2.41. The average Bonchev–Trinajstić information content (AvgIpc) is 2.73. The van der Waals surface area contributed by atoms with E-state index in [9.17, 15) is 9.18 Å². The number of nitrogens with zero attached hydrogens (tertiary/aromatic N) is 1. The predicted octanol–water partition coefficient (Wildman–Crippen LogP) is 4.41. The first-order chi connectivity index (χ1) is 13.6. The van der Waals surface area contributed by atoms with Gasteiger partial charge < -0.3 is 15.0 Å². The third-order valence-electron chi connectivity index (χ3n) is 6.97. The Morgan fingerprint density at radius 2 is 2.04 bits per heavy atom. The lowest BCUT2D eigenvalue weighted by atomic mass is 9.71. The molecule has 1 aromatic carbocycles. The number of benzene rings is 1. The third kappa shape index (κ3) is 4.09. The van der Waals surface area contributed by atoms with Gasteiger partial charge >= 0.3 is 6.03 Å². The van der Waals surface area contributed by atoms with Crippen LogP contribution in [0.15, 0.2) is 36.4 Å². The van der Waals surface area contributed by atoms with Gasteiger partial charge in [0.15, 0.2) is 0 Å². The fraction of sp³-hybridized carbons (Fsp3) is 0.609. The zero-order valence-electron chi connectivity index (χ0n) is 16.6. The second-order valence-electron chi connectivity index (χ2n) is 8.80. The third-order valence-corrected chi connectivity index (χ3v) is 6.97. The monoisotopic (exact) mass is 386 g/mol. The molecule has 1 atom stereocenters. The van der Waals surface area contributed by atoms with Crippen LogP contribution >= 0.6 is 0 Å². The zero-order valence-corrected chi connectivity index (χ0v) is 16.6. The van der Waals surface area contributed by atoms with Crippen LogP contribution in [0.5, 0.6) is 0 Å². The van der Waals surface area contributed by atoms with Crippen LogP contribution in [0.1, 0.15) is 50.5 Å². The van der Waals surface area contributed by atoms with E-state index in [4.69, 9.17) is 4.74 Å². The summed E-state index contributed by atoms with van der Waals surface area (Å²) in [6.45, 7) is 3.49. The van der Waals surface area contributed by atoms with Gasteiger partial charge in [-0.3, -0.25) is 0 Å². The summed E-state index contributed by atoms with van der Waals surface area (Å²) in [4.78, 5) is 15.0. The Morgan fingerprint density at radius 3 is 2.79 bits per heavy atom. The Balaban J connectivity index is 1.43. The predicted molar refractivity (Wildman–Crippen MR) is 108 cm³/mol. The van der Waals surface area contributed by atoms with Gasteiger partial charge in [-0.2, -0.15) is 0 Å². The highest BCUT2D eigenvalue weighted by atomic mass is 19.1. The molecule has 0 radical (unpaired) electrons. The maximum absolute atomic E-state index is 13.9. The van der Waals surface area contributed by atoms with Crippen molar-refractivity contribution in [3.63, 3.8) is 0 Å². The molecule has 0 bridgehead atoms. The molecule has 2 amide bonds. The molecule has 2 heterocycles. The van der Waals surface area contributed by atoms with E-state index < -0.39 is 0 Å². The molecule has 152 valence electrons. The molecular formula is C23H31FN2O2. The molecule has 1 unspecified atom stereocenters. The topological polar surface area (TPSA) is 41.6 Å². The maximum Gasteiger partial charge on any atom is 0.317 e. The van der Waals surface area contributed by atoms with Crippen LogP contribution in [0.4, 0.5) is 9.18 Å². The molecule has 2 fully saturated rings. The van der Waals surface area contributed by atoms with Crippen molar-refractivity contribution in [2.24, 2.45) is 5.41 Å². The van der Waals surface area contributed by atoms with Crippen LogP contribution in [0.25, 0.3) is 0 Å². The van der Waals surface area contributed by atoms with Crippen molar-refractivity contribution in [3.8, 4) is 0 Å². The van der Waals surface area contributed by atoms with Gasteiger partial charge in [-0.05, 0) is 68.1 Å². The molecule has 1 aliphatic carbocycles. The summed E-state index contributed by atoms with van der Waals surface area (Å²) < 4.78 is 19.4. The number of nitrogens with one attached hydrogen (secondary N) is 1. The van der Waals surface area contributed by atoms with Gasteiger partial charge in [0.25, 0.3) is 0 Å².